The van der Waals surface area contributed by atoms with Crippen molar-refractivity contribution in [3.8, 4) is 0 Å². The number of carboxylic acids is 1. The van der Waals surface area contributed by atoms with Crippen LogP contribution in [0.15, 0.2) is 54.2 Å². The monoisotopic (exact) mass is 477 g/mol. The summed E-state index contributed by atoms with van der Waals surface area (Å²) in [5.41, 5.74) is 3.99. The lowest BCUT2D eigenvalue weighted by Gasteiger charge is -2.36. The van der Waals surface area contributed by atoms with E-state index in [1.165, 1.54) is 24.8 Å². The highest BCUT2D eigenvalue weighted by atomic mass is 35.5. The maximum atomic E-state index is 10.9. The molecule has 7 heteroatoms. The molecule has 2 atom stereocenters. The molecule has 4 rings (SSSR count). The highest BCUT2D eigenvalue weighted by Crippen LogP contribution is 2.40. The van der Waals surface area contributed by atoms with Crippen LogP contribution in [0, 0.1) is 11.8 Å². The van der Waals surface area contributed by atoms with Crippen molar-refractivity contribution in [2.45, 2.75) is 51.2 Å². The van der Waals surface area contributed by atoms with E-state index in [0.717, 1.165) is 31.0 Å². The van der Waals surface area contributed by atoms with E-state index >= 15 is 0 Å². The van der Waals surface area contributed by atoms with Gasteiger partial charge in [-0.2, -0.15) is 0 Å². The van der Waals surface area contributed by atoms with Crippen molar-refractivity contribution in [1.82, 2.24) is 15.6 Å². The SMILES string of the molecule is CC/C(=C\c1ccccc1)[C@@H]1C[C@H]1NCC1CC(NCc2ccc(C(=O)O)nc2)C1.Cl.Cl. The minimum absolute atomic E-state index is 0. The molecule has 0 radical (unpaired) electrons. The first-order valence-electron chi connectivity index (χ1n) is 11.0. The summed E-state index contributed by atoms with van der Waals surface area (Å²) in [4.78, 5) is 14.8. The highest BCUT2D eigenvalue weighted by molar-refractivity contribution is 5.86. The van der Waals surface area contributed by atoms with Gasteiger partial charge in [0.1, 0.15) is 5.69 Å². The number of halogens is 2. The molecule has 2 saturated carbocycles. The fraction of sp³-hybridized carbons (Fsp3) is 0.440. The summed E-state index contributed by atoms with van der Waals surface area (Å²) < 4.78 is 0. The number of pyridine rings is 1. The molecule has 0 amide bonds. The minimum atomic E-state index is -0.983. The Kier molecular flexibility index (Phi) is 10.2. The summed E-state index contributed by atoms with van der Waals surface area (Å²) >= 11 is 0. The highest BCUT2D eigenvalue weighted by Gasteiger charge is 2.39. The van der Waals surface area contributed by atoms with E-state index < -0.39 is 5.97 Å². The molecule has 0 spiro atoms. The Labute approximate surface area is 202 Å². The van der Waals surface area contributed by atoms with Gasteiger partial charge in [0.15, 0.2) is 0 Å². The fourth-order valence-electron chi connectivity index (χ4n) is 4.37. The van der Waals surface area contributed by atoms with Crippen molar-refractivity contribution in [3.05, 3.63) is 71.1 Å². The zero-order chi connectivity index (χ0) is 20.9. The lowest BCUT2D eigenvalue weighted by molar-refractivity contribution is 0.0690. The van der Waals surface area contributed by atoms with Gasteiger partial charge in [-0.3, -0.25) is 0 Å². The van der Waals surface area contributed by atoms with Gasteiger partial charge in [0, 0.05) is 24.8 Å². The number of aromatic nitrogens is 1. The lowest BCUT2D eigenvalue weighted by atomic mass is 9.80. The minimum Gasteiger partial charge on any atom is -0.477 e. The number of carboxylic acid groups (broad SMARTS) is 1. The largest absolute Gasteiger partial charge is 0.477 e. The Balaban J connectivity index is 0.00000181. The fourth-order valence-corrected chi connectivity index (χ4v) is 4.37. The summed E-state index contributed by atoms with van der Waals surface area (Å²) in [5.74, 6) is 0.466. The second kappa shape index (κ2) is 12.4. The van der Waals surface area contributed by atoms with Crippen LogP contribution in [0.2, 0.25) is 0 Å². The second-order valence-electron chi connectivity index (χ2n) is 8.61. The topological polar surface area (TPSA) is 74.2 Å². The summed E-state index contributed by atoms with van der Waals surface area (Å²) in [5, 5.41) is 16.2. The zero-order valence-electron chi connectivity index (χ0n) is 18.4. The van der Waals surface area contributed by atoms with Crippen molar-refractivity contribution in [2.24, 2.45) is 11.8 Å². The van der Waals surface area contributed by atoms with Crippen molar-refractivity contribution in [3.63, 3.8) is 0 Å². The first-order valence-corrected chi connectivity index (χ1v) is 11.0. The van der Waals surface area contributed by atoms with Crippen LogP contribution < -0.4 is 10.6 Å². The number of benzene rings is 1. The number of hydrogen-bond acceptors (Lipinski definition) is 4. The Bertz CT molecular complexity index is 884. The number of hydrogen-bond donors (Lipinski definition) is 3. The third kappa shape index (κ3) is 7.04. The van der Waals surface area contributed by atoms with E-state index in [1.54, 1.807) is 17.8 Å². The van der Waals surface area contributed by atoms with Gasteiger partial charge in [-0.1, -0.05) is 55.0 Å². The van der Waals surface area contributed by atoms with E-state index in [4.69, 9.17) is 5.11 Å². The summed E-state index contributed by atoms with van der Waals surface area (Å²) in [6.07, 6.45) is 8.80. The van der Waals surface area contributed by atoms with Crippen LogP contribution in [0.3, 0.4) is 0 Å². The molecule has 2 fully saturated rings. The van der Waals surface area contributed by atoms with Crippen molar-refractivity contribution >= 4 is 36.9 Å². The smallest absolute Gasteiger partial charge is 0.354 e. The zero-order valence-corrected chi connectivity index (χ0v) is 20.0. The van der Waals surface area contributed by atoms with Gasteiger partial charge in [-0.15, -0.1) is 24.8 Å². The Morgan fingerprint density at radius 1 is 1.09 bits per heavy atom. The maximum Gasteiger partial charge on any atom is 0.354 e. The number of nitrogens with one attached hydrogen (secondary N) is 2. The molecule has 2 aliphatic rings. The molecule has 3 N–H and O–H groups in total. The van der Waals surface area contributed by atoms with Crippen LogP contribution in [-0.4, -0.2) is 34.7 Å². The Hall–Kier alpha value is -1.92. The molecule has 0 saturated heterocycles. The van der Waals surface area contributed by atoms with Gasteiger partial charge in [0.2, 0.25) is 0 Å². The molecule has 0 unspecified atom stereocenters. The standard InChI is InChI=1S/C25H31N3O2.2ClH/c1-2-20(10-17-6-4-3-5-7-17)22-13-24(22)28-16-19-11-21(12-19)26-14-18-8-9-23(25(29)30)27-15-18;;/h3-10,15,19,21-22,24,26,28H,2,11-14,16H2,1H3,(H,29,30);2*1H/b20-10+;;/t19?,21?,22-,24+;;/m0../s1. The third-order valence-corrected chi connectivity index (χ3v) is 6.37. The van der Waals surface area contributed by atoms with E-state index in [0.29, 0.717) is 18.0 Å². The lowest BCUT2D eigenvalue weighted by Crippen LogP contribution is -2.44. The summed E-state index contributed by atoms with van der Waals surface area (Å²) in [7, 11) is 0. The molecule has 5 nitrogen and oxygen atoms in total. The van der Waals surface area contributed by atoms with Crippen LogP contribution in [-0.2, 0) is 6.54 Å². The molecule has 0 aliphatic heterocycles. The third-order valence-electron chi connectivity index (χ3n) is 6.37. The van der Waals surface area contributed by atoms with E-state index in [-0.39, 0.29) is 30.5 Å². The van der Waals surface area contributed by atoms with Gasteiger partial charge in [-0.05, 0) is 61.3 Å². The first-order chi connectivity index (χ1) is 14.6. The summed E-state index contributed by atoms with van der Waals surface area (Å²) in [6, 6.07) is 15.2. The Morgan fingerprint density at radius 3 is 2.47 bits per heavy atom. The van der Waals surface area contributed by atoms with Crippen molar-refractivity contribution < 1.29 is 9.90 Å². The van der Waals surface area contributed by atoms with Gasteiger partial charge >= 0.3 is 5.97 Å². The predicted molar refractivity (Wildman–Crippen MR) is 134 cm³/mol. The van der Waals surface area contributed by atoms with Gasteiger partial charge < -0.3 is 15.7 Å². The van der Waals surface area contributed by atoms with Crippen LogP contribution in [0.5, 0.6) is 0 Å². The molecule has 2 aromatic rings. The Morgan fingerprint density at radius 2 is 1.84 bits per heavy atom. The van der Waals surface area contributed by atoms with Crippen LogP contribution in [0.25, 0.3) is 6.08 Å². The van der Waals surface area contributed by atoms with E-state index in [1.807, 2.05) is 6.07 Å². The van der Waals surface area contributed by atoms with Crippen molar-refractivity contribution in [2.75, 3.05) is 6.54 Å². The van der Waals surface area contributed by atoms with Gasteiger partial charge in [-0.25, -0.2) is 9.78 Å². The molecule has 2 aliphatic carbocycles. The number of nitrogens with zero attached hydrogens (tertiary/aromatic N) is 1. The number of rotatable bonds is 10. The molecular weight excluding hydrogens is 445 g/mol. The molecule has 174 valence electrons. The molecule has 1 aromatic carbocycles. The van der Waals surface area contributed by atoms with E-state index in [9.17, 15) is 4.79 Å². The van der Waals surface area contributed by atoms with Gasteiger partial charge in [0.25, 0.3) is 0 Å². The molecule has 0 bridgehead atoms. The molecule has 1 heterocycles. The second-order valence-corrected chi connectivity index (χ2v) is 8.61. The molecular formula is C25H33Cl2N3O2. The number of carbonyl (C=O) groups is 1. The van der Waals surface area contributed by atoms with E-state index in [2.05, 4.69) is 58.9 Å². The first kappa shape index (κ1) is 26.3. The molecule has 1 aromatic heterocycles. The maximum absolute atomic E-state index is 10.9. The van der Waals surface area contributed by atoms with Gasteiger partial charge in [0.05, 0.1) is 0 Å². The van der Waals surface area contributed by atoms with Crippen LogP contribution in [0.4, 0.5) is 0 Å². The average molecular weight is 478 g/mol. The van der Waals surface area contributed by atoms with Crippen LogP contribution >= 0.6 is 24.8 Å². The summed E-state index contributed by atoms with van der Waals surface area (Å²) in [6.45, 7) is 4.11. The normalized spacial score (nSPS) is 24.0. The average Bonchev–Trinajstić information content (AvgIpc) is 3.51. The predicted octanol–water partition coefficient (Wildman–Crippen LogP) is 4.96. The quantitative estimate of drug-likeness (QED) is 0.450. The number of aromatic carboxylic acids is 1. The van der Waals surface area contributed by atoms with Crippen molar-refractivity contribution in [1.29, 1.82) is 0 Å². The molecule has 32 heavy (non-hydrogen) atoms. The van der Waals surface area contributed by atoms with Crippen LogP contribution in [0.1, 0.15) is 54.2 Å².